The summed E-state index contributed by atoms with van der Waals surface area (Å²) in [5.74, 6) is 1.51. The Labute approximate surface area is 137 Å². The molecule has 0 radical (unpaired) electrons. The van der Waals surface area contributed by atoms with Crippen LogP contribution < -0.4 is 0 Å². The normalized spacial score (nSPS) is 25.7. The lowest BCUT2D eigenvalue weighted by molar-refractivity contribution is -0.137. The highest BCUT2D eigenvalue weighted by molar-refractivity contribution is 7.09. The summed E-state index contributed by atoms with van der Waals surface area (Å²) >= 11 is 1.77. The van der Waals surface area contributed by atoms with Crippen LogP contribution in [0, 0.1) is 5.92 Å². The molecule has 1 aromatic rings. The predicted octanol–water partition coefficient (Wildman–Crippen LogP) is 4.33. The molecule has 1 fully saturated rings. The monoisotopic (exact) mass is 318 g/mol. The van der Waals surface area contributed by atoms with E-state index in [0.717, 1.165) is 38.8 Å². The smallest absolute Gasteiger partial charge is 0.226 e. The summed E-state index contributed by atoms with van der Waals surface area (Å²) in [6.45, 7) is 6.17. The topological polar surface area (TPSA) is 33.2 Å². The number of carbonyl (C=O) groups excluding carboxylic acids is 1. The molecule has 1 aliphatic carbocycles. The van der Waals surface area contributed by atoms with Crippen molar-refractivity contribution in [2.75, 3.05) is 13.1 Å². The quantitative estimate of drug-likeness (QED) is 0.777. The van der Waals surface area contributed by atoms with Gasteiger partial charge in [0.1, 0.15) is 0 Å². The van der Waals surface area contributed by atoms with Crippen molar-refractivity contribution in [2.24, 2.45) is 5.92 Å². The molecule has 1 amide bonds. The second-order valence-electron chi connectivity index (χ2n) is 6.87. The number of amides is 1. The van der Waals surface area contributed by atoms with Gasteiger partial charge in [0.15, 0.2) is 0 Å². The fourth-order valence-electron chi connectivity index (χ4n) is 3.41. The molecule has 0 bridgehead atoms. The lowest BCUT2D eigenvalue weighted by Gasteiger charge is -2.34. The average molecular weight is 318 g/mol. The van der Waals surface area contributed by atoms with Gasteiger partial charge in [-0.25, -0.2) is 4.98 Å². The van der Waals surface area contributed by atoms with Gasteiger partial charge < -0.3 is 4.90 Å². The SMILES string of the molecule is CC(C)c1csc([C@H]2CCCN(C(=O)[C@H]3CC=CCC3)C2)n1. The van der Waals surface area contributed by atoms with Gasteiger partial charge in [0.25, 0.3) is 0 Å². The van der Waals surface area contributed by atoms with Crippen LogP contribution >= 0.6 is 11.3 Å². The zero-order chi connectivity index (χ0) is 15.5. The maximum absolute atomic E-state index is 12.7. The number of aromatic nitrogens is 1. The minimum atomic E-state index is 0.214. The van der Waals surface area contributed by atoms with Crippen LogP contribution in [-0.4, -0.2) is 28.9 Å². The molecule has 0 spiro atoms. The Balaban J connectivity index is 1.65. The van der Waals surface area contributed by atoms with E-state index in [1.165, 1.54) is 17.1 Å². The van der Waals surface area contributed by atoms with E-state index in [9.17, 15) is 4.79 Å². The summed E-state index contributed by atoms with van der Waals surface area (Å²) in [6, 6.07) is 0. The van der Waals surface area contributed by atoms with Gasteiger partial charge >= 0.3 is 0 Å². The highest BCUT2D eigenvalue weighted by Crippen LogP contribution is 2.32. The first-order chi connectivity index (χ1) is 10.6. The number of hydrogen-bond acceptors (Lipinski definition) is 3. The van der Waals surface area contributed by atoms with Crippen molar-refractivity contribution in [1.29, 1.82) is 0 Å². The first-order valence-electron chi connectivity index (χ1n) is 8.54. The molecule has 2 heterocycles. The predicted molar refractivity (Wildman–Crippen MR) is 91.2 cm³/mol. The molecular weight excluding hydrogens is 292 g/mol. The van der Waals surface area contributed by atoms with Crippen LogP contribution in [0.2, 0.25) is 0 Å². The lowest BCUT2D eigenvalue weighted by atomic mass is 9.91. The van der Waals surface area contributed by atoms with Gasteiger partial charge in [-0.3, -0.25) is 4.79 Å². The number of likely N-dealkylation sites (tertiary alicyclic amines) is 1. The second-order valence-corrected chi connectivity index (χ2v) is 7.76. The number of rotatable bonds is 3. The standard InChI is InChI=1S/C18H26N2OS/c1-13(2)16-12-22-17(19-16)15-9-6-10-20(11-15)18(21)14-7-4-3-5-8-14/h3-4,12-15H,5-11H2,1-2H3/t14-,15-/m0/s1. The first-order valence-corrected chi connectivity index (χ1v) is 9.42. The molecule has 0 saturated carbocycles. The molecular formula is C18H26N2OS. The summed E-state index contributed by atoms with van der Waals surface area (Å²) < 4.78 is 0. The van der Waals surface area contributed by atoms with Crippen LogP contribution in [0.4, 0.5) is 0 Å². The summed E-state index contributed by atoms with van der Waals surface area (Å²) in [6.07, 6.45) is 9.64. The number of allylic oxidation sites excluding steroid dienone is 2. The highest BCUT2D eigenvalue weighted by atomic mass is 32.1. The van der Waals surface area contributed by atoms with Crippen LogP contribution in [0.1, 0.15) is 68.5 Å². The van der Waals surface area contributed by atoms with Gasteiger partial charge in [0.05, 0.1) is 10.7 Å². The number of piperidine rings is 1. The molecule has 1 aliphatic heterocycles. The van der Waals surface area contributed by atoms with Crippen LogP contribution in [0.15, 0.2) is 17.5 Å². The molecule has 3 rings (SSSR count). The Morgan fingerprint density at radius 2 is 2.23 bits per heavy atom. The van der Waals surface area contributed by atoms with Crippen LogP contribution in [-0.2, 0) is 4.79 Å². The van der Waals surface area contributed by atoms with Gasteiger partial charge in [-0.2, -0.15) is 0 Å². The summed E-state index contributed by atoms with van der Waals surface area (Å²) in [4.78, 5) is 19.6. The van der Waals surface area contributed by atoms with Crippen molar-refractivity contribution in [3.05, 3.63) is 28.2 Å². The number of thiazole rings is 1. The third-order valence-electron chi connectivity index (χ3n) is 4.83. The van der Waals surface area contributed by atoms with E-state index in [1.54, 1.807) is 11.3 Å². The molecule has 1 aromatic heterocycles. The van der Waals surface area contributed by atoms with Crippen LogP contribution in [0.5, 0.6) is 0 Å². The summed E-state index contributed by atoms with van der Waals surface area (Å²) in [7, 11) is 0. The van der Waals surface area contributed by atoms with Crippen molar-refractivity contribution < 1.29 is 4.79 Å². The summed E-state index contributed by atoms with van der Waals surface area (Å²) in [5, 5.41) is 3.41. The van der Waals surface area contributed by atoms with Gasteiger partial charge in [0.2, 0.25) is 5.91 Å². The van der Waals surface area contributed by atoms with E-state index >= 15 is 0 Å². The van der Waals surface area contributed by atoms with Gasteiger partial charge in [-0.05, 0) is 38.0 Å². The van der Waals surface area contributed by atoms with Crippen molar-refractivity contribution >= 4 is 17.2 Å². The van der Waals surface area contributed by atoms with Crippen LogP contribution in [0.3, 0.4) is 0 Å². The maximum atomic E-state index is 12.7. The molecule has 4 heteroatoms. The van der Waals surface area contributed by atoms with E-state index in [4.69, 9.17) is 4.98 Å². The largest absolute Gasteiger partial charge is 0.342 e. The highest BCUT2D eigenvalue weighted by Gasteiger charge is 2.30. The minimum absolute atomic E-state index is 0.214. The van der Waals surface area contributed by atoms with Crippen molar-refractivity contribution in [1.82, 2.24) is 9.88 Å². The Morgan fingerprint density at radius 1 is 1.36 bits per heavy atom. The van der Waals surface area contributed by atoms with Gasteiger partial charge in [0, 0.05) is 30.3 Å². The molecule has 0 N–H and O–H groups in total. The minimum Gasteiger partial charge on any atom is -0.342 e. The molecule has 120 valence electrons. The Bertz CT molecular complexity index is 549. The Kier molecular flexibility index (Phi) is 4.97. The van der Waals surface area contributed by atoms with E-state index in [0.29, 0.717) is 17.7 Å². The van der Waals surface area contributed by atoms with Crippen LogP contribution in [0.25, 0.3) is 0 Å². The van der Waals surface area contributed by atoms with E-state index in [2.05, 4.69) is 36.3 Å². The number of hydrogen-bond donors (Lipinski definition) is 0. The van der Waals surface area contributed by atoms with Crippen molar-refractivity contribution in [3.8, 4) is 0 Å². The van der Waals surface area contributed by atoms with Gasteiger partial charge in [-0.15, -0.1) is 11.3 Å². The lowest BCUT2D eigenvalue weighted by Crippen LogP contribution is -2.42. The molecule has 1 saturated heterocycles. The Morgan fingerprint density at radius 3 is 2.91 bits per heavy atom. The fourth-order valence-corrected chi connectivity index (χ4v) is 4.52. The molecule has 0 unspecified atom stereocenters. The first kappa shape index (κ1) is 15.7. The molecule has 2 aliphatic rings. The number of carbonyl (C=O) groups is 1. The zero-order valence-corrected chi connectivity index (χ0v) is 14.4. The van der Waals surface area contributed by atoms with E-state index in [-0.39, 0.29) is 5.92 Å². The van der Waals surface area contributed by atoms with E-state index < -0.39 is 0 Å². The maximum Gasteiger partial charge on any atom is 0.226 e. The van der Waals surface area contributed by atoms with Crippen molar-refractivity contribution in [3.63, 3.8) is 0 Å². The molecule has 0 aromatic carbocycles. The third-order valence-corrected chi connectivity index (χ3v) is 5.86. The summed E-state index contributed by atoms with van der Waals surface area (Å²) in [5.41, 5.74) is 1.20. The van der Waals surface area contributed by atoms with Gasteiger partial charge in [-0.1, -0.05) is 26.0 Å². The van der Waals surface area contributed by atoms with E-state index in [1.807, 2.05) is 0 Å². The molecule has 2 atom stereocenters. The zero-order valence-electron chi connectivity index (χ0n) is 13.6. The second kappa shape index (κ2) is 6.95. The molecule has 22 heavy (non-hydrogen) atoms. The molecule has 3 nitrogen and oxygen atoms in total. The van der Waals surface area contributed by atoms with Crippen molar-refractivity contribution in [2.45, 2.75) is 57.8 Å². The Hall–Kier alpha value is -1.16. The number of nitrogens with zero attached hydrogens (tertiary/aromatic N) is 2. The fraction of sp³-hybridized carbons (Fsp3) is 0.667. The average Bonchev–Trinajstić information content (AvgIpc) is 3.05. The third kappa shape index (κ3) is 3.43.